The molecule has 1 heterocycles. The maximum absolute atomic E-state index is 13.5. The molecule has 1 aliphatic heterocycles. The SMILES string of the molecule is Cc1ccc(CN(C(=O)CCCN(c2ccc3c(c2)OCO3)S(C)(=O)=O)[C@@H](C)C(=O)NC2CCCC2)cc1. The van der Waals surface area contributed by atoms with Gasteiger partial charge in [-0.1, -0.05) is 42.7 Å². The Morgan fingerprint density at radius 1 is 1.05 bits per heavy atom. The predicted octanol–water partition coefficient (Wildman–Crippen LogP) is 3.75. The molecule has 1 saturated carbocycles. The number of aryl methyl sites for hydroxylation is 1. The molecule has 1 aliphatic carbocycles. The number of nitrogens with zero attached hydrogens (tertiary/aromatic N) is 2. The number of ether oxygens (including phenoxy) is 2. The number of amides is 2. The summed E-state index contributed by atoms with van der Waals surface area (Å²) in [5, 5.41) is 3.10. The van der Waals surface area contributed by atoms with Crippen molar-refractivity contribution < 1.29 is 27.5 Å². The Balaban J connectivity index is 1.44. The minimum Gasteiger partial charge on any atom is -0.454 e. The van der Waals surface area contributed by atoms with Crippen LogP contribution in [0.15, 0.2) is 42.5 Å². The Bertz CT molecular complexity index is 1240. The minimum absolute atomic E-state index is 0.0927. The number of sulfonamides is 1. The number of hydrogen-bond donors (Lipinski definition) is 1. The molecule has 2 aliphatic rings. The van der Waals surface area contributed by atoms with Crippen LogP contribution in [0, 0.1) is 6.92 Å². The zero-order valence-electron chi connectivity index (χ0n) is 22.3. The fourth-order valence-corrected chi connectivity index (χ4v) is 5.87. The number of benzene rings is 2. The van der Waals surface area contributed by atoms with E-state index in [1.165, 1.54) is 4.31 Å². The summed E-state index contributed by atoms with van der Waals surface area (Å²) >= 11 is 0. The Hall–Kier alpha value is -3.27. The van der Waals surface area contributed by atoms with Gasteiger partial charge in [-0.25, -0.2) is 8.42 Å². The molecule has 0 unspecified atom stereocenters. The van der Waals surface area contributed by atoms with Crippen LogP contribution in [-0.2, 0) is 26.2 Å². The van der Waals surface area contributed by atoms with Gasteiger partial charge in [0, 0.05) is 31.6 Å². The Morgan fingerprint density at radius 3 is 2.42 bits per heavy atom. The van der Waals surface area contributed by atoms with Crippen LogP contribution in [0.5, 0.6) is 11.5 Å². The molecule has 1 atom stereocenters. The monoisotopic (exact) mass is 543 g/mol. The van der Waals surface area contributed by atoms with Crippen molar-refractivity contribution in [2.24, 2.45) is 0 Å². The highest BCUT2D eigenvalue weighted by Crippen LogP contribution is 2.36. The zero-order valence-corrected chi connectivity index (χ0v) is 23.1. The van der Waals surface area contributed by atoms with Crippen LogP contribution in [0.2, 0.25) is 0 Å². The predicted molar refractivity (Wildman–Crippen MR) is 146 cm³/mol. The quantitative estimate of drug-likeness (QED) is 0.463. The smallest absolute Gasteiger partial charge is 0.242 e. The molecule has 2 aromatic rings. The first kappa shape index (κ1) is 27.8. The number of nitrogens with one attached hydrogen (secondary N) is 1. The van der Waals surface area contributed by atoms with E-state index in [-0.39, 0.29) is 37.6 Å². The van der Waals surface area contributed by atoms with Crippen molar-refractivity contribution in [1.29, 1.82) is 0 Å². The number of hydrogen-bond acceptors (Lipinski definition) is 6. The first-order valence-corrected chi connectivity index (χ1v) is 15.0. The molecule has 9 nitrogen and oxygen atoms in total. The molecule has 10 heteroatoms. The zero-order chi connectivity index (χ0) is 27.3. The molecule has 206 valence electrons. The summed E-state index contributed by atoms with van der Waals surface area (Å²) in [7, 11) is -3.60. The van der Waals surface area contributed by atoms with E-state index in [0.29, 0.717) is 30.2 Å². The summed E-state index contributed by atoms with van der Waals surface area (Å²) in [6.07, 6.45) is 5.66. The highest BCUT2D eigenvalue weighted by Gasteiger charge is 2.29. The van der Waals surface area contributed by atoms with Crippen LogP contribution in [0.25, 0.3) is 0 Å². The van der Waals surface area contributed by atoms with Gasteiger partial charge < -0.3 is 19.7 Å². The number of anilines is 1. The second-order valence-electron chi connectivity index (χ2n) is 10.1. The molecule has 4 rings (SSSR count). The highest BCUT2D eigenvalue weighted by molar-refractivity contribution is 7.92. The molecule has 38 heavy (non-hydrogen) atoms. The third-order valence-corrected chi connectivity index (χ3v) is 8.33. The van der Waals surface area contributed by atoms with Gasteiger partial charge in [-0.2, -0.15) is 0 Å². The lowest BCUT2D eigenvalue weighted by Crippen LogP contribution is -2.49. The standard InChI is InChI=1S/C28H37N3O6S/c1-20-10-12-22(13-11-20)18-30(21(2)28(33)29-23-7-4-5-8-23)27(32)9-6-16-31(38(3,34)35)24-14-15-25-26(17-24)37-19-36-25/h10-15,17,21,23H,4-9,16,18-19H2,1-3H3,(H,29,33)/t21-/m0/s1. The second-order valence-corrected chi connectivity index (χ2v) is 12.1. The molecule has 0 aromatic heterocycles. The Labute approximate surface area is 225 Å². The van der Waals surface area contributed by atoms with Gasteiger partial charge in [0.05, 0.1) is 11.9 Å². The van der Waals surface area contributed by atoms with E-state index < -0.39 is 16.1 Å². The van der Waals surface area contributed by atoms with Crippen molar-refractivity contribution in [1.82, 2.24) is 10.2 Å². The van der Waals surface area contributed by atoms with E-state index in [1.54, 1.807) is 30.0 Å². The molecular weight excluding hydrogens is 506 g/mol. The first-order valence-electron chi connectivity index (χ1n) is 13.1. The van der Waals surface area contributed by atoms with Gasteiger partial charge in [-0.15, -0.1) is 0 Å². The first-order chi connectivity index (χ1) is 18.1. The maximum Gasteiger partial charge on any atom is 0.242 e. The molecule has 2 amide bonds. The molecule has 0 spiro atoms. The summed E-state index contributed by atoms with van der Waals surface area (Å²) in [6.45, 7) is 4.26. The lowest BCUT2D eigenvalue weighted by Gasteiger charge is -2.30. The van der Waals surface area contributed by atoms with E-state index in [1.807, 2.05) is 31.2 Å². The van der Waals surface area contributed by atoms with Gasteiger partial charge in [0.1, 0.15) is 6.04 Å². The summed E-state index contributed by atoms with van der Waals surface area (Å²) < 4.78 is 37.1. The average molecular weight is 544 g/mol. The van der Waals surface area contributed by atoms with E-state index in [9.17, 15) is 18.0 Å². The summed E-state index contributed by atoms with van der Waals surface area (Å²) in [4.78, 5) is 28.1. The third-order valence-electron chi connectivity index (χ3n) is 7.14. The van der Waals surface area contributed by atoms with E-state index >= 15 is 0 Å². The van der Waals surface area contributed by atoms with Crippen LogP contribution in [0.1, 0.15) is 56.6 Å². The van der Waals surface area contributed by atoms with Crippen molar-refractivity contribution in [2.75, 3.05) is 23.9 Å². The molecule has 0 saturated heterocycles. The van der Waals surface area contributed by atoms with Crippen LogP contribution >= 0.6 is 0 Å². The fourth-order valence-electron chi connectivity index (χ4n) is 4.91. The van der Waals surface area contributed by atoms with Gasteiger partial charge in [0.2, 0.25) is 28.6 Å². The Morgan fingerprint density at radius 2 is 1.74 bits per heavy atom. The molecule has 2 aromatic carbocycles. The van der Waals surface area contributed by atoms with Crippen LogP contribution in [0.4, 0.5) is 5.69 Å². The van der Waals surface area contributed by atoms with E-state index in [0.717, 1.165) is 43.1 Å². The lowest BCUT2D eigenvalue weighted by molar-refractivity contribution is -0.141. The van der Waals surface area contributed by atoms with E-state index in [4.69, 9.17) is 9.47 Å². The maximum atomic E-state index is 13.5. The third kappa shape index (κ3) is 6.98. The molecule has 0 bridgehead atoms. The minimum atomic E-state index is -3.60. The summed E-state index contributed by atoms with van der Waals surface area (Å²) in [6, 6.07) is 12.4. The van der Waals surface area contributed by atoms with Crippen molar-refractivity contribution in [2.45, 2.75) is 71.0 Å². The summed E-state index contributed by atoms with van der Waals surface area (Å²) in [5.74, 6) is 0.696. The molecule has 0 radical (unpaired) electrons. The van der Waals surface area contributed by atoms with Gasteiger partial charge in [0.25, 0.3) is 0 Å². The average Bonchev–Trinajstić information content (AvgIpc) is 3.56. The number of fused-ring (bicyclic) bond motifs is 1. The van der Waals surface area contributed by atoms with Gasteiger partial charge in [-0.3, -0.25) is 13.9 Å². The van der Waals surface area contributed by atoms with Gasteiger partial charge in [0.15, 0.2) is 11.5 Å². The number of carbonyl (C=O) groups excluding carboxylic acids is 2. The van der Waals surface area contributed by atoms with Crippen molar-refractivity contribution >= 4 is 27.5 Å². The van der Waals surface area contributed by atoms with Crippen LogP contribution in [-0.4, -0.2) is 56.8 Å². The number of rotatable bonds is 11. The lowest BCUT2D eigenvalue weighted by atomic mass is 10.1. The van der Waals surface area contributed by atoms with Crippen LogP contribution < -0.4 is 19.1 Å². The van der Waals surface area contributed by atoms with E-state index in [2.05, 4.69) is 5.32 Å². The normalized spacial score (nSPS) is 15.8. The largest absolute Gasteiger partial charge is 0.454 e. The number of carbonyl (C=O) groups is 2. The molecule has 1 fully saturated rings. The van der Waals surface area contributed by atoms with Gasteiger partial charge in [-0.05, 0) is 50.8 Å². The highest BCUT2D eigenvalue weighted by atomic mass is 32.2. The Kier molecular flexibility index (Phi) is 8.81. The fraction of sp³-hybridized carbons (Fsp3) is 0.500. The molecular formula is C28H37N3O6S. The van der Waals surface area contributed by atoms with Crippen LogP contribution in [0.3, 0.4) is 0 Å². The second kappa shape index (κ2) is 12.1. The molecule has 1 N–H and O–H groups in total. The van der Waals surface area contributed by atoms with Gasteiger partial charge >= 0.3 is 0 Å². The van der Waals surface area contributed by atoms with Crippen molar-refractivity contribution in [3.8, 4) is 11.5 Å². The van der Waals surface area contributed by atoms with Crippen molar-refractivity contribution in [3.63, 3.8) is 0 Å². The topological polar surface area (TPSA) is 105 Å². The summed E-state index contributed by atoms with van der Waals surface area (Å²) in [5.41, 5.74) is 2.50. The van der Waals surface area contributed by atoms with Crippen molar-refractivity contribution in [3.05, 3.63) is 53.6 Å².